The maximum absolute atomic E-state index is 12.8. The Kier molecular flexibility index (Phi) is 6.92. The lowest BCUT2D eigenvalue weighted by atomic mass is 10.1. The van der Waals surface area contributed by atoms with E-state index in [2.05, 4.69) is 0 Å². The van der Waals surface area contributed by atoms with Gasteiger partial charge >= 0.3 is 6.18 Å². The first kappa shape index (κ1) is 16.0. The number of benzene rings is 1. The fourth-order valence-corrected chi connectivity index (χ4v) is 1.87. The van der Waals surface area contributed by atoms with Crippen LogP contribution in [-0.4, -0.2) is 12.3 Å². The molecule has 0 radical (unpaired) electrons. The first-order chi connectivity index (χ1) is 9.04. The van der Waals surface area contributed by atoms with E-state index < -0.39 is 12.3 Å². The van der Waals surface area contributed by atoms with E-state index in [1.807, 2.05) is 13.0 Å². The van der Waals surface area contributed by atoms with Crippen LogP contribution in [0.5, 0.6) is 0 Å². The molecule has 0 aliphatic rings. The van der Waals surface area contributed by atoms with E-state index >= 15 is 0 Å². The third-order valence-electron chi connectivity index (χ3n) is 2.98. The summed E-state index contributed by atoms with van der Waals surface area (Å²) in [6.07, 6.45) is -2.49. The number of halogens is 3. The Labute approximate surface area is 112 Å². The summed E-state index contributed by atoms with van der Waals surface area (Å²) >= 11 is 0. The van der Waals surface area contributed by atoms with Crippen LogP contribution < -0.4 is 0 Å². The molecule has 19 heavy (non-hydrogen) atoms. The predicted molar refractivity (Wildman–Crippen MR) is 69.8 cm³/mol. The van der Waals surface area contributed by atoms with Gasteiger partial charge in [0, 0.05) is 0 Å². The van der Waals surface area contributed by atoms with Gasteiger partial charge in [0.15, 0.2) is 6.10 Å². The second-order valence-corrected chi connectivity index (χ2v) is 4.68. The number of unbranched alkanes of at least 4 members (excludes halogenated alkanes) is 3. The Balaban J connectivity index is 2.42. The largest absolute Gasteiger partial charge is 0.414 e. The summed E-state index contributed by atoms with van der Waals surface area (Å²) in [6.45, 7) is 2.05. The standard InChI is InChI=1S/C15H21F3O/c1-2-3-4-8-11-14(15(16,17)18)19-12-13-9-6-5-7-10-13/h5-7,9-10,14H,2-4,8,11-12H2,1H3/t14-/m1/s1. The van der Waals surface area contributed by atoms with Crippen molar-refractivity contribution in [2.45, 2.75) is 57.9 Å². The Morgan fingerprint density at radius 3 is 2.32 bits per heavy atom. The normalized spacial score (nSPS) is 13.5. The Morgan fingerprint density at radius 2 is 1.74 bits per heavy atom. The highest BCUT2D eigenvalue weighted by Gasteiger charge is 2.39. The van der Waals surface area contributed by atoms with Gasteiger partial charge in [-0.2, -0.15) is 13.2 Å². The molecule has 0 N–H and O–H groups in total. The predicted octanol–water partition coefficient (Wildman–Crippen LogP) is 5.10. The van der Waals surface area contributed by atoms with Gasteiger partial charge in [-0.25, -0.2) is 0 Å². The molecule has 0 saturated heterocycles. The van der Waals surface area contributed by atoms with Gasteiger partial charge in [-0.15, -0.1) is 0 Å². The molecule has 108 valence electrons. The van der Waals surface area contributed by atoms with Gasteiger partial charge in [0.1, 0.15) is 0 Å². The average Bonchev–Trinajstić information content (AvgIpc) is 2.37. The van der Waals surface area contributed by atoms with Gasteiger partial charge < -0.3 is 4.74 Å². The highest BCUT2D eigenvalue weighted by atomic mass is 19.4. The Hall–Kier alpha value is -1.03. The summed E-state index contributed by atoms with van der Waals surface area (Å²) in [6, 6.07) is 8.95. The van der Waals surface area contributed by atoms with Crippen LogP contribution >= 0.6 is 0 Å². The highest BCUT2D eigenvalue weighted by molar-refractivity contribution is 5.13. The van der Waals surface area contributed by atoms with Gasteiger partial charge in [-0.05, 0) is 12.0 Å². The lowest BCUT2D eigenvalue weighted by molar-refractivity contribution is -0.225. The molecule has 1 atom stereocenters. The van der Waals surface area contributed by atoms with Gasteiger partial charge in [-0.3, -0.25) is 0 Å². The Morgan fingerprint density at radius 1 is 1.05 bits per heavy atom. The number of alkyl halides is 3. The molecular weight excluding hydrogens is 253 g/mol. The zero-order valence-electron chi connectivity index (χ0n) is 11.2. The van der Waals surface area contributed by atoms with E-state index in [4.69, 9.17) is 4.74 Å². The van der Waals surface area contributed by atoms with Gasteiger partial charge in [0.25, 0.3) is 0 Å². The van der Waals surface area contributed by atoms with Crippen molar-refractivity contribution in [3.63, 3.8) is 0 Å². The third-order valence-corrected chi connectivity index (χ3v) is 2.98. The third kappa shape index (κ3) is 6.62. The number of rotatable bonds is 8. The van der Waals surface area contributed by atoms with E-state index in [1.165, 1.54) is 0 Å². The van der Waals surface area contributed by atoms with Crippen molar-refractivity contribution in [1.82, 2.24) is 0 Å². The summed E-state index contributed by atoms with van der Waals surface area (Å²) in [5.41, 5.74) is 0.769. The molecule has 0 saturated carbocycles. The quantitative estimate of drug-likeness (QED) is 0.599. The minimum absolute atomic E-state index is 0.0127. The zero-order chi connectivity index (χ0) is 14.1. The molecule has 0 unspecified atom stereocenters. The molecule has 0 amide bonds. The summed E-state index contributed by atoms with van der Waals surface area (Å²) in [7, 11) is 0. The zero-order valence-corrected chi connectivity index (χ0v) is 11.2. The van der Waals surface area contributed by atoms with Crippen LogP contribution in [0.25, 0.3) is 0 Å². The second kappa shape index (κ2) is 8.20. The van der Waals surface area contributed by atoms with Gasteiger partial charge in [0.05, 0.1) is 6.61 Å². The minimum atomic E-state index is -4.28. The fraction of sp³-hybridized carbons (Fsp3) is 0.600. The molecule has 1 aromatic carbocycles. The van der Waals surface area contributed by atoms with E-state index in [9.17, 15) is 13.2 Å². The lowest BCUT2D eigenvalue weighted by Gasteiger charge is -2.20. The van der Waals surface area contributed by atoms with Crippen LogP contribution in [0.2, 0.25) is 0 Å². The topological polar surface area (TPSA) is 9.23 Å². The number of hydrogen-bond acceptors (Lipinski definition) is 1. The molecule has 0 bridgehead atoms. The Bertz CT molecular complexity index is 335. The SMILES string of the molecule is CCCCCC[C@@H](OCc1ccccc1)C(F)(F)F. The number of hydrogen-bond donors (Lipinski definition) is 0. The molecule has 0 heterocycles. The van der Waals surface area contributed by atoms with Crippen molar-refractivity contribution in [3.8, 4) is 0 Å². The van der Waals surface area contributed by atoms with Crippen molar-refractivity contribution in [3.05, 3.63) is 35.9 Å². The number of ether oxygens (including phenoxy) is 1. The van der Waals surface area contributed by atoms with Crippen molar-refractivity contribution < 1.29 is 17.9 Å². The maximum Gasteiger partial charge on any atom is 0.414 e. The maximum atomic E-state index is 12.8. The van der Waals surface area contributed by atoms with Crippen molar-refractivity contribution in [1.29, 1.82) is 0 Å². The molecule has 0 spiro atoms. The van der Waals surface area contributed by atoms with E-state index in [0.717, 1.165) is 24.8 Å². The fourth-order valence-electron chi connectivity index (χ4n) is 1.87. The van der Waals surface area contributed by atoms with Crippen molar-refractivity contribution >= 4 is 0 Å². The van der Waals surface area contributed by atoms with Crippen LogP contribution in [-0.2, 0) is 11.3 Å². The minimum Gasteiger partial charge on any atom is -0.364 e. The van der Waals surface area contributed by atoms with Crippen LogP contribution in [0.4, 0.5) is 13.2 Å². The van der Waals surface area contributed by atoms with Crippen LogP contribution in [0.15, 0.2) is 30.3 Å². The highest BCUT2D eigenvalue weighted by Crippen LogP contribution is 2.28. The van der Waals surface area contributed by atoms with Crippen LogP contribution in [0, 0.1) is 0 Å². The second-order valence-electron chi connectivity index (χ2n) is 4.68. The smallest absolute Gasteiger partial charge is 0.364 e. The van der Waals surface area contributed by atoms with E-state index in [-0.39, 0.29) is 13.0 Å². The average molecular weight is 274 g/mol. The molecule has 0 fully saturated rings. The monoisotopic (exact) mass is 274 g/mol. The summed E-state index contributed by atoms with van der Waals surface area (Å²) in [4.78, 5) is 0. The van der Waals surface area contributed by atoms with Crippen molar-refractivity contribution in [2.24, 2.45) is 0 Å². The molecule has 4 heteroatoms. The molecule has 1 aromatic rings. The lowest BCUT2D eigenvalue weighted by Crippen LogP contribution is -2.31. The van der Waals surface area contributed by atoms with E-state index in [0.29, 0.717) is 6.42 Å². The van der Waals surface area contributed by atoms with Crippen LogP contribution in [0.1, 0.15) is 44.6 Å². The van der Waals surface area contributed by atoms with Gasteiger partial charge in [-0.1, -0.05) is 62.9 Å². The first-order valence-electron chi connectivity index (χ1n) is 6.76. The molecule has 0 aromatic heterocycles. The summed E-state index contributed by atoms with van der Waals surface area (Å²) in [5.74, 6) is 0. The molecule has 1 nitrogen and oxygen atoms in total. The van der Waals surface area contributed by atoms with Crippen LogP contribution in [0.3, 0.4) is 0 Å². The molecule has 0 aliphatic carbocycles. The van der Waals surface area contributed by atoms with Gasteiger partial charge in [0.2, 0.25) is 0 Å². The summed E-state index contributed by atoms with van der Waals surface area (Å²) in [5, 5.41) is 0. The molecule has 0 aliphatic heterocycles. The van der Waals surface area contributed by atoms with Crippen molar-refractivity contribution in [2.75, 3.05) is 0 Å². The molecular formula is C15H21F3O. The van der Waals surface area contributed by atoms with E-state index in [1.54, 1.807) is 24.3 Å². The first-order valence-corrected chi connectivity index (χ1v) is 6.76. The molecule has 1 rings (SSSR count). The summed E-state index contributed by atoms with van der Waals surface area (Å²) < 4.78 is 43.5.